The summed E-state index contributed by atoms with van der Waals surface area (Å²) < 4.78 is 40.2. The maximum atomic E-state index is 13.2. The molecule has 0 spiro atoms. The summed E-state index contributed by atoms with van der Waals surface area (Å²) in [5.74, 6) is 5.33. The standard InChI is InChI=1S/C22H18FNO2S/c1-2-5-17-6-3-7-20(14-17)19-12-10-18(11-13-19)16-24-27(25,26)22-9-4-8-21(23)15-22/h3-4,6-15,24H,16H2,1H3. The Morgan fingerprint density at radius 3 is 2.37 bits per heavy atom. The number of nitrogens with one attached hydrogen (secondary N) is 1. The Labute approximate surface area is 158 Å². The van der Waals surface area contributed by atoms with Crippen molar-refractivity contribution in [2.45, 2.75) is 18.4 Å². The van der Waals surface area contributed by atoms with Gasteiger partial charge in [0.05, 0.1) is 4.90 Å². The van der Waals surface area contributed by atoms with Crippen LogP contribution in [0.25, 0.3) is 11.1 Å². The number of hydrogen-bond donors (Lipinski definition) is 1. The fourth-order valence-electron chi connectivity index (χ4n) is 2.63. The van der Waals surface area contributed by atoms with Gasteiger partial charge in [-0.15, -0.1) is 5.92 Å². The summed E-state index contributed by atoms with van der Waals surface area (Å²) in [4.78, 5) is -0.0898. The Kier molecular flexibility index (Phi) is 5.70. The van der Waals surface area contributed by atoms with Gasteiger partial charge in [0.25, 0.3) is 0 Å². The molecule has 0 amide bonds. The van der Waals surface area contributed by atoms with Crippen molar-refractivity contribution in [1.82, 2.24) is 4.72 Å². The second kappa shape index (κ2) is 8.17. The van der Waals surface area contributed by atoms with Gasteiger partial charge in [-0.25, -0.2) is 17.5 Å². The van der Waals surface area contributed by atoms with Crippen molar-refractivity contribution in [2.24, 2.45) is 0 Å². The summed E-state index contributed by atoms with van der Waals surface area (Å²) in [7, 11) is -3.76. The SMILES string of the molecule is CC#Cc1cccc(-c2ccc(CNS(=O)(=O)c3cccc(F)c3)cc2)c1. The van der Waals surface area contributed by atoms with Gasteiger partial charge in [0.1, 0.15) is 5.82 Å². The summed E-state index contributed by atoms with van der Waals surface area (Å²) in [5, 5.41) is 0. The molecule has 1 N–H and O–H groups in total. The van der Waals surface area contributed by atoms with Crippen molar-refractivity contribution >= 4 is 10.0 Å². The number of hydrogen-bond acceptors (Lipinski definition) is 2. The summed E-state index contributed by atoms with van der Waals surface area (Å²) in [6.07, 6.45) is 0. The van der Waals surface area contributed by atoms with Crippen molar-refractivity contribution in [2.75, 3.05) is 0 Å². The highest BCUT2D eigenvalue weighted by molar-refractivity contribution is 7.89. The minimum atomic E-state index is -3.76. The molecule has 0 aliphatic rings. The van der Waals surface area contributed by atoms with E-state index in [1.807, 2.05) is 48.5 Å². The van der Waals surface area contributed by atoms with Gasteiger partial charge in [-0.1, -0.05) is 48.4 Å². The lowest BCUT2D eigenvalue weighted by Crippen LogP contribution is -2.23. The fraction of sp³-hybridized carbons (Fsp3) is 0.0909. The molecule has 0 saturated heterocycles. The maximum Gasteiger partial charge on any atom is 0.240 e. The molecule has 5 heteroatoms. The topological polar surface area (TPSA) is 46.2 Å². The second-order valence-electron chi connectivity index (χ2n) is 5.93. The Hall–Kier alpha value is -2.94. The molecule has 27 heavy (non-hydrogen) atoms. The van der Waals surface area contributed by atoms with Gasteiger partial charge in [-0.05, 0) is 53.9 Å². The molecule has 0 radical (unpaired) electrons. The molecule has 0 saturated carbocycles. The van der Waals surface area contributed by atoms with Crippen LogP contribution in [-0.4, -0.2) is 8.42 Å². The highest BCUT2D eigenvalue weighted by atomic mass is 32.2. The molecule has 0 heterocycles. The largest absolute Gasteiger partial charge is 0.240 e. The molecule has 3 rings (SSSR count). The molecule has 0 aliphatic carbocycles. The van der Waals surface area contributed by atoms with Crippen molar-refractivity contribution in [1.29, 1.82) is 0 Å². The molecule has 3 aromatic carbocycles. The normalized spacial score (nSPS) is 10.9. The smallest absolute Gasteiger partial charge is 0.207 e. The number of sulfonamides is 1. The molecule has 0 bridgehead atoms. The predicted molar refractivity (Wildman–Crippen MR) is 105 cm³/mol. The van der Waals surface area contributed by atoms with Crippen LogP contribution in [0.4, 0.5) is 4.39 Å². The van der Waals surface area contributed by atoms with E-state index < -0.39 is 15.8 Å². The second-order valence-corrected chi connectivity index (χ2v) is 7.70. The first kappa shape index (κ1) is 18.8. The van der Waals surface area contributed by atoms with Crippen LogP contribution < -0.4 is 4.72 Å². The summed E-state index contributed by atoms with van der Waals surface area (Å²) in [6, 6.07) is 20.5. The minimum absolute atomic E-state index is 0.0898. The average Bonchev–Trinajstić information content (AvgIpc) is 2.67. The van der Waals surface area contributed by atoms with Gasteiger partial charge in [0.15, 0.2) is 0 Å². The van der Waals surface area contributed by atoms with E-state index in [4.69, 9.17) is 0 Å². The maximum absolute atomic E-state index is 13.2. The van der Waals surface area contributed by atoms with Crippen LogP contribution in [0.3, 0.4) is 0 Å². The number of halogens is 1. The first-order valence-electron chi connectivity index (χ1n) is 8.35. The van der Waals surface area contributed by atoms with Crippen LogP contribution in [0.15, 0.2) is 77.7 Å². The van der Waals surface area contributed by atoms with Gasteiger partial charge in [0.2, 0.25) is 10.0 Å². The van der Waals surface area contributed by atoms with Gasteiger partial charge in [-0.2, -0.15) is 0 Å². The molecule has 3 aromatic rings. The molecule has 136 valence electrons. The summed E-state index contributed by atoms with van der Waals surface area (Å²) >= 11 is 0. The van der Waals surface area contributed by atoms with E-state index in [9.17, 15) is 12.8 Å². The first-order valence-corrected chi connectivity index (χ1v) is 9.83. The first-order chi connectivity index (χ1) is 13.0. The molecule has 0 unspecified atom stereocenters. The Morgan fingerprint density at radius 2 is 1.67 bits per heavy atom. The van der Waals surface area contributed by atoms with E-state index >= 15 is 0 Å². The van der Waals surface area contributed by atoms with Crippen LogP contribution in [0.5, 0.6) is 0 Å². The zero-order chi connectivity index (χ0) is 19.3. The Bertz CT molecular complexity index is 1110. The van der Waals surface area contributed by atoms with Crippen molar-refractivity contribution < 1.29 is 12.8 Å². The van der Waals surface area contributed by atoms with E-state index in [-0.39, 0.29) is 11.4 Å². The third-order valence-electron chi connectivity index (χ3n) is 3.99. The van der Waals surface area contributed by atoms with Gasteiger partial charge < -0.3 is 0 Å². The molecule has 3 nitrogen and oxygen atoms in total. The fourth-order valence-corrected chi connectivity index (χ4v) is 3.68. The van der Waals surface area contributed by atoms with E-state index in [1.54, 1.807) is 6.92 Å². The van der Waals surface area contributed by atoms with Crippen LogP contribution >= 0.6 is 0 Å². The lowest BCUT2D eigenvalue weighted by atomic mass is 10.0. The molecular weight excluding hydrogens is 361 g/mol. The van der Waals surface area contributed by atoms with Crippen LogP contribution in [0.2, 0.25) is 0 Å². The number of benzene rings is 3. The van der Waals surface area contributed by atoms with E-state index in [0.717, 1.165) is 28.3 Å². The van der Waals surface area contributed by atoms with Gasteiger partial charge in [-0.3, -0.25) is 0 Å². The zero-order valence-electron chi connectivity index (χ0n) is 14.7. The van der Waals surface area contributed by atoms with E-state index in [2.05, 4.69) is 16.6 Å². The molecule has 0 aliphatic heterocycles. The molecule has 0 atom stereocenters. The van der Waals surface area contributed by atoms with Crippen LogP contribution in [-0.2, 0) is 16.6 Å². The van der Waals surface area contributed by atoms with Crippen LogP contribution in [0, 0.1) is 17.7 Å². The molecule has 0 aromatic heterocycles. The zero-order valence-corrected chi connectivity index (χ0v) is 15.6. The van der Waals surface area contributed by atoms with Crippen LogP contribution in [0.1, 0.15) is 18.1 Å². The molecule has 0 fully saturated rings. The van der Waals surface area contributed by atoms with E-state index in [1.165, 1.54) is 18.2 Å². The monoisotopic (exact) mass is 379 g/mol. The summed E-state index contributed by atoms with van der Waals surface area (Å²) in [6.45, 7) is 1.92. The highest BCUT2D eigenvalue weighted by Gasteiger charge is 2.14. The van der Waals surface area contributed by atoms with Crippen molar-refractivity contribution in [3.05, 3.63) is 89.7 Å². The average molecular weight is 379 g/mol. The quantitative estimate of drug-likeness (QED) is 0.670. The van der Waals surface area contributed by atoms with Gasteiger partial charge >= 0.3 is 0 Å². The van der Waals surface area contributed by atoms with Gasteiger partial charge in [0, 0.05) is 12.1 Å². The third kappa shape index (κ3) is 4.82. The lowest BCUT2D eigenvalue weighted by Gasteiger charge is -2.08. The van der Waals surface area contributed by atoms with Crippen molar-refractivity contribution in [3.8, 4) is 23.0 Å². The minimum Gasteiger partial charge on any atom is -0.207 e. The van der Waals surface area contributed by atoms with E-state index in [0.29, 0.717) is 0 Å². The Morgan fingerprint density at radius 1 is 0.926 bits per heavy atom. The Balaban J connectivity index is 1.72. The third-order valence-corrected chi connectivity index (χ3v) is 5.39. The lowest BCUT2D eigenvalue weighted by molar-refractivity contribution is 0.577. The highest BCUT2D eigenvalue weighted by Crippen LogP contribution is 2.21. The van der Waals surface area contributed by atoms with Crippen molar-refractivity contribution in [3.63, 3.8) is 0 Å². The summed E-state index contributed by atoms with van der Waals surface area (Å²) in [5.41, 5.74) is 3.82. The predicted octanol–water partition coefficient (Wildman–Crippen LogP) is 4.34. The molecular formula is C22H18FNO2S. The number of rotatable bonds is 5.